The van der Waals surface area contributed by atoms with Gasteiger partial charge in [-0.15, -0.1) is 0 Å². The zero-order valence-electron chi connectivity index (χ0n) is 34.5. The van der Waals surface area contributed by atoms with Crippen molar-refractivity contribution >= 4 is 22.6 Å². The van der Waals surface area contributed by atoms with Gasteiger partial charge in [0.1, 0.15) is 19.1 Å². The predicted molar refractivity (Wildman–Crippen MR) is 221 cm³/mol. The van der Waals surface area contributed by atoms with Crippen LogP contribution in [0.3, 0.4) is 0 Å². The summed E-state index contributed by atoms with van der Waals surface area (Å²) in [7, 11) is -3.60. The highest BCUT2D eigenvalue weighted by Gasteiger charge is 2.30. The molecule has 3 unspecified atom stereocenters. The first-order valence-corrected chi connectivity index (χ1v) is 22.9. The minimum absolute atomic E-state index is 0.200. The Balaban J connectivity index is 0.00000397. The van der Waals surface area contributed by atoms with Crippen LogP contribution < -0.4 is 10.6 Å². The minimum Gasteiger partial charge on any atom is -0.726 e. The second-order valence-corrected chi connectivity index (χ2v) is 16.2. The molecule has 0 bridgehead atoms. The van der Waals surface area contributed by atoms with Crippen LogP contribution in [-0.2, 0) is 19.4 Å². The molecule has 306 valence electrons. The van der Waals surface area contributed by atoms with Crippen molar-refractivity contribution in [1.82, 2.24) is 10.6 Å². The lowest BCUT2D eigenvalue weighted by Gasteiger charge is -2.29. The Bertz CT molecular complexity index is 1010. The van der Waals surface area contributed by atoms with Gasteiger partial charge in [0.25, 0.3) is 0 Å². The third kappa shape index (κ3) is 32.9. The normalized spacial score (nSPS) is 14.9. The smallest absolute Gasteiger partial charge is 0.232 e. The third-order valence-corrected chi connectivity index (χ3v) is 10.8. The second-order valence-electron chi connectivity index (χ2n) is 15.0. The van der Waals surface area contributed by atoms with Gasteiger partial charge in [-0.1, -0.05) is 141 Å². The van der Waals surface area contributed by atoms with Crippen molar-refractivity contribution in [2.24, 2.45) is 5.92 Å². The van der Waals surface area contributed by atoms with Crippen molar-refractivity contribution in [2.45, 2.75) is 213 Å². The number of nitrogens with one attached hydrogen (secondary N) is 2. The zero-order chi connectivity index (χ0) is 38.5. The maximum Gasteiger partial charge on any atom is 0.232 e. The molecule has 1 amide bonds. The van der Waals surface area contributed by atoms with Crippen molar-refractivity contribution in [2.75, 3.05) is 20.2 Å². The van der Waals surface area contributed by atoms with Crippen molar-refractivity contribution in [3.8, 4) is 0 Å². The van der Waals surface area contributed by atoms with Gasteiger partial charge in [-0.25, -0.2) is 8.42 Å². The van der Waals surface area contributed by atoms with Crippen molar-refractivity contribution in [1.29, 1.82) is 0 Å². The average molecular weight is 754 g/mol. The molecule has 52 heavy (non-hydrogen) atoms. The molecule has 8 nitrogen and oxygen atoms in total. The number of rotatable bonds is 34. The fraction of sp³-hybridized carbons (Fsp3) is 0.860. The molecule has 2 N–H and O–H groups in total. The summed E-state index contributed by atoms with van der Waals surface area (Å²) in [5, 5.41) is 6.78. The fourth-order valence-corrected chi connectivity index (χ4v) is 6.83. The van der Waals surface area contributed by atoms with Gasteiger partial charge in [0.05, 0.1) is 7.11 Å². The molecule has 0 radical (unpaired) electrons. The van der Waals surface area contributed by atoms with E-state index in [0.717, 1.165) is 26.6 Å². The first-order chi connectivity index (χ1) is 25.2. The predicted octanol–water partition coefficient (Wildman–Crippen LogP) is 10.9. The molecule has 1 aliphatic rings. The van der Waals surface area contributed by atoms with Gasteiger partial charge in [0.2, 0.25) is 22.6 Å². The molecule has 1 aliphatic heterocycles. The number of nitrogens with zero attached hydrogens (tertiary/aromatic N) is 1. The van der Waals surface area contributed by atoms with Crippen LogP contribution in [0.15, 0.2) is 24.3 Å². The lowest BCUT2D eigenvalue weighted by molar-refractivity contribution is -0.563. The summed E-state index contributed by atoms with van der Waals surface area (Å²) in [6.45, 7) is 11.2. The fourth-order valence-electron chi connectivity index (χ4n) is 6.83. The number of hydrogen-bond acceptors (Lipinski definition) is 6. The summed E-state index contributed by atoms with van der Waals surface area (Å²) < 4.78 is 33.5. The Kier molecular flexibility index (Phi) is 35.1. The van der Waals surface area contributed by atoms with E-state index in [2.05, 4.69) is 77.7 Å². The SMILES string of the molecule is CCCCCCCC/C=C\CCCCCCCC(=O)NC(C)C(C)C(CCCCCC/C=C\CCCCCCCC)[N+]1=CNCC1.COS(=O)(=O)[O-]. The van der Waals surface area contributed by atoms with Crippen LogP contribution in [0.25, 0.3) is 0 Å². The molecule has 0 aromatic heterocycles. The standard InChI is InChI=1S/C42H79N3O.CH4O4S/c1-5-7-9-11-13-15-17-19-21-23-25-27-29-31-33-35-42(46)44-40(4)39(3)41(45-37-36-43-38-45)34-32-30-28-26-24-22-20-18-16-14-12-10-8-6-2;1-5-6(2,3)4/h19-22,38-41H,5-18,23-37H2,1-4H3,(H,44,46);1H3,(H,2,3,4)/b21-19-,22-20-;. The van der Waals surface area contributed by atoms with E-state index in [1.54, 1.807) is 0 Å². The van der Waals surface area contributed by atoms with Gasteiger partial charge in [-0.2, -0.15) is 0 Å². The van der Waals surface area contributed by atoms with Crippen molar-refractivity contribution in [3.63, 3.8) is 0 Å². The second kappa shape index (κ2) is 36.3. The molecule has 0 aromatic rings. The molecule has 0 aliphatic carbocycles. The topological polar surface area (TPSA) is 111 Å². The Labute approximate surface area is 322 Å². The molecule has 0 fully saturated rings. The summed E-state index contributed by atoms with van der Waals surface area (Å²) in [6.07, 6.45) is 46.5. The van der Waals surface area contributed by atoms with E-state index in [9.17, 15) is 17.8 Å². The van der Waals surface area contributed by atoms with Crippen LogP contribution in [-0.4, -0.2) is 62.1 Å². The van der Waals surface area contributed by atoms with Crippen LogP contribution in [0, 0.1) is 5.92 Å². The highest BCUT2D eigenvalue weighted by Crippen LogP contribution is 2.20. The highest BCUT2D eigenvalue weighted by molar-refractivity contribution is 7.80. The molecule has 9 heteroatoms. The van der Waals surface area contributed by atoms with Gasteiger partial charge in [-0.3, -0.25) is 18.9 Å². The van der Waals surface area contributed by atoms with E-state index in [0.29, 0.717) is 18.4 Å². The van der Waals surface area contributed by atoms with E-state index in [1.165, 1.54) is 161 Å². The molecule has 0 aromatic carbocycles. The van der Waals surface area contributed by atoms with Gasteiger partial charge in [0, 0.05) is 18.4 Å². The number of carbonyl (C=O) groups is 1. The number of unbranched alkanes of at least 4 members (excludes halogenated alkanes) is 21. The average Bonchev–Trinajstić information content (AvgIpc) is 3.66. The number of amides is 1. The molecular weight excluding hydrogens is 671 g/mol. The Morgan fingerprint density at radius 2 is 1.13 bits per heavy atom. The molecule has 3 atom stereocenters. The Hall–Kier alpha value is -1.71. The Morgan fingerprint density at radius 3 is 1.54 bits per heavy atom. The first-order valence-electron chi connectivity index (χ1n) is 21.6. The molecular formula is C43H83N3O5S. The van der Waals surface area contributed by atoms with E-state index < -0.39 is 10.4 Å². The van der Waals surface area contributed by atoms with Crippen molar-refractivity contribution < 1.29 is 26.5 Å². The molecule has 0 saturated carbocycles. The monoisotopic (exact) mass is 754 g/mol. The van der Waals surface area contributed by atoms with Gasteiger partial charge in [-0.05, 0) is 77.6 Å². The van der Waals surface area contributed by atoms with Gasteiger partial charge in [0.15, 0.2) is 0 Å². The number of carbonyl (C=O) groups excluding carboxylic acids is 1. The van der Waals surface area contributed by atoms with Gasteiger partial charge >= 0.3 is 0 Å². The van der Waals surface area contributed by atoms with Crippen LogP contribution in [0.5, 0.6) is 0 Å². The maximum absolute atomic E-state index is 12.8. The summed E-state index contributed by atoms with van der Waals surface area (Å²) in [4.78, 5) is 12.8. The van der Waals surface area contributed by atoms with E-state index in [4.69, 9.17) is 0 Å². The van der Waals surface area contributed by atoms with Crippen LogP contribution >= 0.6 is 0 Å². The lowest BCUT2D eigenvalue weighted by atomic mass is 9.89. The Morgan fingerprint density at radius 1 is 0.731 bits per heavy atom. The lowest BCUT2D eigenvalue weighted by Crippen LogP contribution is -2.45. The van der Waals surface area contributed by atoms with E-state index >= 15 is 0 Å². The van der Waals surface area contributed by atoms with Crippen LogP contribution in [0.4, 0.5) is 0 Å². The highest BCUT2D eigenvalue weighted by atomic mass is 32.3. The third-order valence-electron chi connectivity index (χ3n) is 10.4. The summed E-state index contributed by atoms with van der Waals surface area (Å²) in [5.74, 6) is 0.669. The molecule has 1 rings (SSSR count). The first kappa shape index (κ1) is 50.3. The summed E-state index contributed by atoms with van der Waals surface area (Å²) >= 11 is 0. The summed E-state index contributed by atoms with van der Waals surface area (Å²) in [6, 6.07) is 0.689. The van der Waals surface area contributed by atoms with E-state index in [1.807, 2.05) is 0 Å². The molecule has 1 heterocycles. The zero-order valence-corrected chi connectivity index (χ0v) is 35.3. The van der Waals surface area contributed by atoms with Gasteiger partial charge < -0.3 is 9.87 Å². The van der Waals surface area contributed by atoms with Crippen LogP contribution in [0.1, 0.15) is 201 Å². The number of allylic oxidation sites excluding steroid dienone is 4. The van der Waals surface area contributed by atoms with E-state index in [-0.39, 0.29) is 11.9 Å². The van der Waals surface area contributed by atoms with Crippen molar-refractivity contribution in [3.05, 3.63) is 24.3 Å². The largest absolute Gasteiger partial charge is 0.726 e. The minimum atomic E-state index is -4.41. The molecule has 0 spiro atoms. The quantitative estimate of drug-likeness (QED) is 0.0223. The molecule has 0 saturated heterocycles. The summed E-state index contributed by atoms with van der Waals surface area (Å²) in [5.41, 5.74) is 0. The maximum atomic E-state index is 12.8. The number of hydrogen-bond donors (Lipinski definition) is 2. The van der Waals surface area contributed by atoms with Crippen LogP contribution in [0.2, 0.25) is 0 Å².